The van der Waals surface area contributed by atoms with Crippen molar-refractivity contribution in [2.45, 2.75) is 24.2 Å². The molecular formula is C22H18ClF4N5O2S. The van der Waals surface area contributed by atoms with E-state index in [2.05, 4.69) is 14.5 Å². The van der Waals surface area contributed by atoms with Crippen molar-refractivity contribution in [1.29, 1.82) is 4.78 Å². The molecule has 4 aromatic rings. The van der Waals surface area contributed by atoms with Crippen molar-refractivity contribution in [1.82, 2.24) is 19.1 Å². The number of aryl methyl sites for hydroxylation is 1. The van der Waals surface area contributed by atoms with E-state index in [9.17, 15) is 17.6 Å². The molecule has 1 unspecified atom stereocenters. The molecular weight excluding hydrogens is 510 g/mol. The third-order valence-corrected chi connectivity index (χ3v) is 7.40. The van der Waals surface area contributed by atoms with E-state index < -0.39 is 34.4 Å². The van der Waals surface area contributed by atoms with Gasteiger partial charge in [-0.1, -0.05) is 29.2 Å². The minimum atomic E-state index is -4.83. The summed E-state index contributed by atoms with van der Waals surface area (Å²) in [4.78, 5) is 9.30. The van der Waals surface area contributed by atoms with E-state index in [0.717, 1.165) is 11.6 Å². The molecule has 1 N–H and O–H groups in total. The second kappa shape index (κ2) is 7.95. The Kier molecular flexibility index (Phi) is 5.37. The van der Waals surface area contributed by atoms with Crippen molar-refractivity contribution < 1.29 is 27.0 Å². The quantitative estimate of drug-likeness (QED) is 0.330. The van der Waals surface area contributed by atoms with Gasteiger partial charge in [-0.15, -0.1) is 0 Å². The third-order valence-electron chi connectivity index (χ3n) is 5.64. The number of benzene rings is 2. The Bertz CT molecular complexity index is 1500. The van der Waals surface area contributed by atoms with Gasteiger partial charge in [-0.05, 0) is 24.3 Å². The molecule has 1 atom stereocenters. The van der Waals surface area contributed by atoms with E-state index in [0.29, 0.717) is 38.7 Å². The van der Waals surface area contributed by atoms with Crippen LogP contribution in [-0.4, -0.2) is 37.1 Å². The number of hydrogen-bond donors (Lipinski definition) is 1. The largest absolute Gasteiger partial charge is 0.507 e. The standard InChI is InChI=1S/C22H18ClF4N5O2S/c1-4-35(28)20-17(30-18(32(20)3)11-5-7-12(23)8-6-11)19-29-13-9-15-16(10-14(13)31(19)2)34-22(26,27)21(24,25)33-15/h5-10,28H,4H2,1-3H3. The van der Waals surface area contributed by atoms with Gasteiger partial charge >= 0.3 is 12.2 Å². The Labute approximate surface area is 204 Å². The zero-order valence-corrected chi connectivity index (χ0v) is 20.1. The summed E-state index contributed by atoms with van der Waals surface area (Å²) in [7, 11) is 2.49. The molecule has 5 rings (SSSR count). The maximum atomic E-state index is 13.7. The van der Waals surface area contributed by atoms with Crippen LogP contribution in [0.5, 0.6) is 11.5 Å². The number of hydrogen-bond acceptors (Lipinski definition) is 5. The average Bonchev–Trinajstić information content (AvgIpc) is 3.29. The van der Waals surface area contributed by atoms with Gasteiger partial charge in [-0.2, -0.15) is 17.6 Å². The highest BCUT2D eigenvalue weighted by molar-refractivity contribution is 7.86. The first kappa shape index (κ1) is 23.6. The first-order chi connectivity index (χ1) is 16.4. The smallest absolute Gasteiger partial charge is 0.421 e. The number of imidazole rings is 2. The summed E-state index contributed by atoms with van der Waals surface area (Å²) in [5, 5.41) is 1.18. The minimum absolute atomic E-state index is 0.219. The molecule has 0 saturated heterocycles. The van der Waals surface area contributed by atoms with E-state index in [4.69, 9.17) is 21.4 Å². The maximum Gasteiger partial charge on any atom is 0.507 e. The number of rotatable bonds is 4. The zero-order valence-electron chi connectivity index (χ0n) is 18.6. The molecule has 2 aromatic carbocycles. The highest BCUT2D eigenvalue weighted by atomic mass is 35.5. The Balaban J connectivity index is 1.70. The lowest BCUT2D eigenvalue weighted by Gasteiger charge is -2.31. The molecule has 1 aliphatic rings. The lowest BCUT2D eigenvalue weighted by Crippen LogP contribution is -2.52. The van der Waals surface area contributed by atoms with Crippen LogP contribution in [0.4, 0.5) is 17.6 Å². The van der Waals surface area contributed by atoms with Crippen LogP contribution in [0.3, 0.4) is 0 Å². The highest BCUT2D eigenvalue weighted by Crippen LogP contribution is 2.48. The SMILES string of the molecule is CCS(=N)c1c(-c2nc3cc4c(cc3n2C)OC(F)(F)C(F)(F)O4)nc(-c2ccc(Cl)cc2)n1C. The van der Waals surface area contributed by atoms with Gasteiger partial charge < -0.3 is 18.6 Å². The summed E-state index contributed by atoms with van der Waals surface area (Å²) in [5.41, 5.74) is 1.76. The molecule has 2 aromatic heterocycles. The van der Waals surface area contributed by atoms with E-state index in [1.807, 2.05) is 23.6 Å². The van der Waals surface area contributed by atoms with E-state index in [1.54, 1.807) is 30.8 Å². The lowest BCUT2D eigenvalue weighted by atomic mass is 10.2. The van der Waals surface area contributed by atoms with Crippen LogP contribution >= 0.6 is 11.6 Å². The summed E-state index contributed by atoms with van der Waals surface area (Å²) < 4.78 is 75.3. The van der Waals surface area contributed by atoms with Gasteiger partial charge in [0.15, 0.2) is 17.3 Å². The number of ether oxygens (including phenoxy) is 2. The molecule has 0 radical (unpaired) electrons. The molecule has 1 aliphatic heterocycles. The molecule has 0 aliphatic carbocycles. The van der Waals surface area contributed by atoms with Crippen molar-refractivity contribution in [3.63, 3.8) is 0 Å². The van der Waals surface area contributed by atoms with Crippen LogP contribution in [-0.2, 0) is 24.8 Å². The molecule has 13 heteroatoms. The molecule has 0 fully saturated rings. The molecule has 7 nitrogen and oxygen atoms in total. The summed E-state index contributed by atoms with van der Waals surface area (Å²) >= 11 is 6.02. The fraction of sp³-hybridized carbons (Fsp3) is 0.273. The van der Waals surface area contributed by atoms with E-state index >= 15 is 0 Å². The first-order valence-corrected chi connectivity index (χ1v) is 12.1. The molecule has 0 amide bonds. The van der Waals surface area contributed by atoms with Crippen LogP contribution in [0.2, 0.25) is 5.02 Å². The Morgan fingerprint density at radius 3 is 2.14 bits per heavy atom. The van der Waals surface area contributed by atoms with Crippen molar-refractivity contribution in [3.8, 4) is 34.4 Å². The second-order valence-electron chi connectivity index (χ2n) is 7.85. The van der Waals surface area contributed by atoms with Crippen LogP contribution in [0.25, 0.3) is 33.9 Å². The minimum Gasteiger partial charge on any atom is -0.421 e. The molecule has 184 valence electrons. The van der Waals surface area contributed by atoms with Crippen LogP contribution in [0.15, 0.2) is 41.4 Å². The second-order valence-corrected chi connectivity index (χ2v) is 10.0. The van der Waals surface area contributed by atoms with Crippen molar-refractivity contribution >= 4 is 33.3 Å². The van der Waals surface area contributed by atoms with Gasteiger partial charge in [0.25, 0.3) is 0 Å². The predicted octanol–water partition coefficient (Wildman–Crippen LogP) is 6.01. The summed E-state index contributed by atoms with van der Waals surface area (Å²) in [6, 6.07) is 9.38. The van der Waals surface area contributed by atoms with Crippen molar-refractivity contribution in [2.24, 2.45) is 14.1 Å². The molecule has 0 spiro atoms. The average molecular weight is 528 g/mol. The molecule has 0 saturated carbocycles. The summed E-state index contributed by atoms with van der Waals surface area (Å²) in [5.74, 6) is 0.373. The number of halogens is 5. The van der Waals surface area contributed by atoms with Crippen LogP contribution in [0, 0.1) is 4.78 Å². The summed E-state index contributed by atoms with van der Waals surface area (Å²) in [6.07, 6.45) is -9.65. The zero-order chi connectivity index (χ0) is 25.3. The van der Waals surface area contributed by atoms with Gasteiger partial charge in [0.1, 0.15) is 16.5 Å². The first-order valence-electron chi connectivity index (χ1n) is 10.3. The van der Waals surface area contributed by atoms with Crippen LogP contribution < -0.4 is 9.47 Å². The number of alkyl halides is 4. The number of fused-ring (bicyclic) bond motifs is 2. The normalized spacial score (nSPS) is 17.0. The number of aromatic nitrogens is 4. The van der Waals surface area contributed by atoms with E-state index in [-0.39, 0.29) is 5.52 Å². The fourth-order valence-corrected chi connectivity index (χ4v) is 5.06. The topological polar surface area (TPSA) is 78.0 Å². The van der Waals surface area contributed by atoms with Gasteiger partial charge in [-0.25, -0.2) is 9.97 Å². The fourth-order valence-electron chi connectivity index (χ4n) is 3.87. The van der Waals surface area contributed by atoms with Gasteiger partial charge in [0.05, 0.1) is 11.0 Å². The van der Waals surface area contributed by atoms with Crippen molar-refractivity contribution in [3.05, 3.63) is 41.4 Å². The van der Waals surface area contributed by atoms with E-state index in [1.165, 1.54) is 6.07 Å². The lowest BCUT2D eigenvalue weighted by molar-refractivity contribution is -0.391. The molecule has 0 bridgehead atoms. The van der Waals surface area contributed by atoms with Gasteiger partial charge in [0.2, 0.25) is 0 Å². The molecule has 3 heterocycles. The van der Waals surface area contributed by atoms with Gasteiger partial charge in [-0.3, -0.25) is 4.78 Å². The third kappa shape index (κ3) is 3.66. The van der Waals surface area contributed by atoms with Crippen molar-refractivity contribution in [2.75, 3.05) is 5.75 Å². The molecule has 35 heavy (non-hydrogen) atoms. The monoisotopic (exact) mass is 527 g/mol. The maximum absolute atomic E-state index is 13.7. The number of nitrogens with zero attached hydrogens (tertiary/aromatic N) is 4. The summed E-state index contributed by atoms with van der Waals surface area (Å²) in [6.45, 7) is 1.88. The number of nitrogens with one attached hydrogen (secondary N) is 1. The van der Waals surface area contributed by atoms with Crippen LogP contribution in [0.1, 0.15) is 6.92 Å². The Hall–Kier alpha value is -3.12. The predicted molar refractivity (Wildman–Crippen MR) is 123 cm³/mol. The Morgan fingerprint density at radius 2 is 1.54 bits per heavy atom. The highest BCUT2D eigenvalue weighted by Gasteiger charge is 2.66. The Morgan fingerprint density at radius 1 is 0.943 bits per heavy atom. The van der Waals surface area contributed by atoms with Gasteiger partial charge in [0, 0.05) is 42.6 Å².